The highest BCUT2D eigenvalue weighted by atomic mass is 32.2. The molecule has 0 fully saturated rings. The van der Waals surface area contributed by atoms with Crippen LogP contribution in [0.3, 0.4) is 0 Å². The molecule has 0 aliphatic heterocycles. The molecular weight excluding hydrogens is 436 g/mol. The lowest BCUT2D eigenvalue weighted by Gasteiger charge is -2.22. The summed E-state index contributed by atoms with van der Waals surface area (Å²) in [5.41, 5.74) is 2.66. The number of amides is 1. The second-order valence-corrected chi connectivity index (χ2v) is 10.1. The molecule has 0 aliphatic carbocycles. The van der Waals surface area contributed by atoms with E-state index in [9.17, 15) is 13.2 Å². The number of rotatable bonds is 9. The van der Waals surface area contributed by atoms with Gasteiger partial charge in [0.2, 0.25) is 0 Å². The van der Waals surface area contributed by atoms with Gasteiger partial charge in [0, 0.05) is 11.3 Å². The number of carbonyl (C=O) groups excluding carboxylic acids is 1. The van der Waals surface area contributed by atoms with Crippen molar-refractivity contribution in [2.45, 2.75) is 38.1 Å². The standard InChI is InChI=1S/C26H30N2O4S/c1-18(2)16-25(20-10-12-23(32-4)13-11-20)27-26(29)21-6-5-7-22(17-21)28-33(30,31)24-14-8-19(3)9-15-24/h5-15,17-18,25,28H,16H2,1-4H3,(H,27,29). The first-order valence-electron chi connectivity index (χ1n) is 10.8. The largest absolute Gasteiger partial charge is 0.497 e. The number of carbonyl (C=O) groups is 1. The Hall–Kier alpha value is -3.32. The molecule has 0 aromatic heterocycles. The Kier molecular flexibility index (Phi) is 7.76. The summed E-state index contributed by atoms with van der Waals surface area (Å²) in [6.45, 7) is 6.09. The average Bonchev–Trinajstić information content (AvgIpc) is 2.78. The van der Waals surface area contributed by atoms with Crippen LogP contribution in [0, 0.1) is 12.8 Å². The molecule has 6 nitrogen and oxygen atoms in total. The summed E-state index contributed by atoms with van der Waals surface area (Å²) in [7, 11) is -2.14. The van der Waals surface area contributed by atoms with E-state index < -0.39 is 10.0 Å². The molecule has 174 valence electrons. The zero-order valence-corrected chi connectivity index (χ0v) is 20.1. The van der Waals surface area contributed by atoms with E-state index in [0.717, 1.165) is 23.3 Å². The fourth-order valence-electron chi connectivity index (χ4n) is 3.48. The van der Waals surface area contributed by atoms with Crippen LogP contribution in [-0.4, -0.2) is 21.4 Å². The first-order valence-corrected chi connectivity index (χ1v) is 12.3. The zero-order chi connectivity index (χ0) is 24.0. The maximum absolute atomic E-state index is 13.0. The normalized spacial score (nSPS) is 12.3. The summed E-state index contributed by atoms with van der Waals surface area (Å²) < 4.78 is 33.2. The number of nitrogens with one attached hydrogen (secondary N) is 2. The van der Waals surface area contributed by atoms with Crippen LogP contribution in [0.5, 0.6) is 5.75 Å². The van der Waals surface area contributed by atoms with E-state index in [0.29, 0.717) is 17.2 Å². The van der Waals surface area contributed by atoms with Gasteiger partial charge in [-0.25, -0.2) is 8.42 Å². The van der Waals surface area contributed by atoms with Crippen molar-refractivity contribution in [3.8, 4) is 5.75 Å². The Balaban J connectivity index is 1.78. The predicted molar refractivity (Wildman–Crippen MR) is 131 cm³/mol. The summed E-state index contributed by atoms with van der Waals surface area (Å²) in [6.07, 6.45) is 0.762. The highest BCUT2D eigenvalue weighted by molar-refractivity contribution is 7.92. The molecule has 3 aromatic carbocycles. The lowest BCUT2D eigenvalue weighted by atomic mass is 9.96. The lowest BCUT2D eigenvalue weighted by Crippen LogP contribution is -2.29. The second-order valence-electron chi connectivity index (χ2n) is 8.43. The van der Waals surface area contributed by atoms with Crippen LogP contribution in [0.2, 0.25) is 0 Å². The molecule has 1 amide bonds. The number of benzene rings is 3. The van der Waals surface area contributed by atoms with Crippen molar-refractivity contribution in [1.82, 2.24) is 5.32 Å². The summed E-state index contributed by atoms with van der Waals surface area (Å²) in [6, 6.07) is 20.5. The maximum Gasteiger partial charge on any atom is 0.261 e. The van der Waals surface area contributed by atoms with Gasteiger partial charge in [0.15, 0.2) is 0 Å². The van der Waals surface area contributed by atoms with Crippen molar-refractivity contribution in [3.05, 3.63) is 89.5 Å². The van der Waals surface area contributed by atoms with Gasteiger partial charge in [-0.05, 0) is 67.3 Å². The third-order valence-corrected chi connectivity index (χ3v) is 6.64. The van der Waals surface area contributed by atoms with Crippen molar-refractivity contribution in [1.29, 1.82) is 0 Å². The minimum Gasteiger partial charge on any atom is -0.497 e. The van der Waals surface area contributed by atoms with Gasteiger partial charge >= 0.3 is 0 Å². The Bertz CT molecular complexity index is 1190. The van der Waals surface area contributed by atoms with Crippen LogP contribution >= 0.6 is 0 Å². The molecule has 0 saturated carbocycles. The highest BCUT2D eigenvalue weighted by Crippen LogP contribution is 2.25. The van der Waals surface area contributed by atoms with Crippen LogP contribution in [0.1, 0.15) is 47.8 Å². The lowest BCUT2D eigenvalue weighted by molar-refractivity contribution is 0.0932. The van der Waals surface area contributed by atoms with E-state index in [4.69, 9.17) is 4.74 Å². The molecule has 33 heavy (non-hydrogen) atoms. The molecule has 1 unspecified atom stereocenters. The van der Waals surface area contributed by atoms with Crippen LogP contribution < -0.4 is 14.8 Å². The molecule has 1 atom stereocenters. The molecule has 3 aromatic rings. The molecule has 0 bridgehead atoms. The molecule has 7 heteroatoms. The van der Waals surface area contributed by atoms with E-state index >= 15 is 0 Å². The second kappa shape index (κ2) is 10.5. The first-order chi connectivity index (χ1) is 15.7. The third kappa shape index (κ3) is 6.58. The number of sulfonamides is 1. The van der Waals surface area contributed by atoms with Gasteiger partial charge < -0.3 is 10.1 Å². The zero-order valence-electron chi connectivity index (χ0n) is 19.3. The smallest absolute Gasteiger partial charge is 0.261 e. The Morgan fingerprint density at radius 3 is 2.24 bits per heavy atom. The summed E-state index contributed by atoms with van der Waals surface area (Å²) in [4.78, 5) is 13.2. The molecule has 0 heterocycles. The van der Waals surface area contributed by atoms with Crippen molar-refractivity contribution in [2.24, 2.45) is 5.92 Å². The van der Waals surface area contributed by atoms with Gasteiger partial charge in [0.1, 0.15) is 5.75 Å². The van der Waals surface area contributed by atoms with E-state index in [1.807, 2.05) is 31.2 Å². The molecule has 0 spiro atoms. The minimum atomic E-state index is -3.75. The van der Waals surface area contributed by atoms with Crippen LogP contribution in [0.4, 0.5) is 5.69 Å². The monoisotopic (exact) mass is 466 g/mol. The van der Waals surface area contributed by atoms with E-state index in [1.165, 1.54) is 0 Å². The van der Waals surface area contributed by atoms with Gasteiger partial charge in [0.05, 0.1) is 18.0 Å². The quantitative estimate of drug-likeness (QED) is 0.447. The SMILES string of the molecule is COc1ccc(C(CC(C)C)NC(=O)c2cccc(NS(=O)(=O)c3ccc(C)cc3)c2)cc1. The van der Waals surface area contributed by atoms with E-state index in [-0.39, 0.29) is 16.8 Å². The van der Waals surface area contributed by atoms with Gasteiger partial charge in [-0.15, -0.1) is 0 Å². The summed E-state index contributed by atoms with van der Waals surface area (Å²) in [5, 5.41) is 3.09. The van der Waals surface area contributed by atoms with Gasteiger partial charge in [-0.1, -0.05) is 49.7 Å². The van der Waals surface area contributed by atoms with Gasteiger partial charge in [-0.2, -0.15) is 0 Å². The number of hydrogen-bond donors (Lipinski definition) is 2. The molecule has 2 N–H and O–H groups in total. The van der Waals surface area contributed by atoms with Gasteiger partial charge in [0.25, 0.3) is 15.9 Å². The fraction of sp³-hybridized carbons (Fsp3) is 0.269. The molecule has 3 rings (SSSR count). The summed E-state index contributed by atoms with van der Waals surface area (Å²) in [5.74, 6) is 0.847. The number of hydrogen-bond acceptors (Lipinski definition) is 4. The van der Waals surface area contributed by atoms with E-state index in [1.54, 1.807) is 55.6 Å². The van der Waals surface area contributed by atoms with E-state index in [2.05, 4.69) is 23.9 Å². The first kappa shape index (κ1) is 24.3. The van der Waals surface area contributed by atoms with Crippen molar-refractivity contribution in [3.63, 3.8) is 0 Å². The Morgan fingerprint density at radius 1 is 0.970 bits per heavy atom. The van der Waals surface area contributed by atoms with Gasteiger partial charge in [-0.3, -0.25) is 9.52 Å². The van der Waals surface area contributed by atoms with Crippen molar-refractivity contribution < 1.29 is 17.9 Å². The number of ether oxygens (including phenoxy) is 1. The molecule has 0 aliphatic rings. The predicted octanol–water partition coefficient (Wildman–Crippen LogP) is 5.32. The maximum atomic E-state index is 13.0. The topological polar surface area (TPSA) is 84.5 Å². The average molecular weight is 467 g/mol. The number of aryl methyl sites for hydroxylation is 1. The summed E-state index contributed by atoms with van der Waals surface area (Å²) >= 11 is 0. The Labute approximate surface area is 196 Å². The van der Waals surface area contributed by atoms with Crippen molar-refractivity contribution >= 4 is 21.6 Å². The van der Waals surface area contributed by atoms with Crippen LogP contribution in [-0.2, 0) is 10.0 Å². The molecular formula is C26H30N2O4S. The Morgan fingerprint density at radius 2 is 1.64 bits per heavy atom. The van der Waals surface area contributed by atoms with Crippen LogP contribution in [0.25, 0.3) is 0 Å². The third-order valence-electron chi connectivity index (χ3n) is 5.24. The number of anilines is 1. The van der Waals surface area contributed by atoms with Crippen molar-refractivity contribution in [2.75, 3.05) is 11.8 Å². The molecule has 0 radical (unpaired) electrons. The molecule has 0 saturated heterocycles. The minimum absolute atomic E-state index is 0.166. The number of methoxy groups -OCH3 is 1. The van der Waals surface area contributed by atoms with Crippen LogP contribution in [0.15, 0.2) is 77.7 Å². The fourth-order valence-corrected chi connectivity index (χ4v) is 4.53. The highest BCUT2D eigenvalue weighted by Gasteiger charge is 2.19.